The van der Waals surface area contributed by atoms with Crippen molar-refractivity contribution in [3.63, 3.8) is 0 Å². The van der Waals surface area contributed by atoms with E-state index >= 15 is 0 Å². The standard InChI is InChI=1S/C10H14FNO2/c1-12-6-5-7-3-4-8(14-2)10(13)9(7)11/h3-4,12-13H,5-6H2,1-2H3. The second-order valence-electron chi connectivity index (χ2n) is 2.94. The molecule has 1 rings (SSSR count). The van der Waals surface area contributed by atoms with E-state index in [2.05, 4.69) is 5.32 Å². The molecule has 78 valence electrons. The first kappa shape index (κ1) is 10.8. The minimum absolute atomic E-state index is 0.163. The molecule has 0 aliphatic rings. The number of halogens is 1. The van der Waals surface area contributed by atoms with Gasteiger partial charge in [-0.1, -0.05) is 6.07 Å². The van der Waals surface area contributed by atoms with E-state index in [1.165, 1.54) is 7.11 Å². The van der Waals surface area contributed by atoms with Crippen molar-refractivity contribution < 1.29 is 14.2 Å². The molecule has 0 radical (unpaired) electrons. The highest BCUT2D eigenvalue weighted by Crippen LogP contribution is 2.30. The first-order valence-electron chi connectivity index (χ1n) is 4.39. The Morgan fingerprint density at radius 3 is 2.79 bits per heavy atom. The van der Waals surface area contributed by atoms with E-state index in [1.807, 2.05) is 0 Å². The van der Waals surface area contributed by atoms with Crippen LogP contribution in [-0.2, 0) is 6.42 Å². The molecule has 0 saturated heterocycles. The lowest BCUT2D eigenvalue weighted by molar-refractivity contribution is 0.355. The number of benzene rings is 1. The third-order valence-electron chi connectivity index (χ3n) is 2.02. The number of rotatable bonds is 4. The van der Waals surface area contributed by atoms with Crippen LogP contribution in [0.3, 0.4) is 0 Å². The number of methoxy groups -OCH3 is 1. The van der Waals surface area contributed by atoms with Gasteiger partial charge >= 0.3 is 0 Å². The summed E-state index contributed by atoms with van der Waals surface area (Å²) in [6.07, 6.45) is 0.542. The van der Waals surface area contributed by atoms with Gasteiger partial charge < -0.3 is 15.2 Å². The van der Waals surface area contributed by atoms with Gasteiger partial charge in [0.15, 0.2) is 17.3 Å². The van der Waals surface area contributed by atoms with E-state index in [9.17, 15) is 9.50 Å². The van der Waals surface area contributed by atoms with Gasteiger partial charge in [-0.15, -0.1) is 0 Å². The van der Waals surface area contributed by atoms with Gasteiger partial charge in [0.2, 0.25) is 0 Å². The van der Waals surface area contributed by atoms with E-state index in [4.69, 9.17) is 4.74 Å². The second-order valence-corrected chi connectivity index (χ2v) is 2.94. The van der Waals surface area contributed by atoms with Gasteiger partial charge in [-0.05, 0) is 31.6 Å². The van der Waals surface area contributed by atoms with Crippen LogP contribution >= 0.6 is 0 Å². The molecule has 1 aromatic carbocycles. The molecular weight excluding hydrogens is 185 g/mol. The molecule has 0 aromatic heterocycles. The highest BCUT2D eigenvalue weighted by Gasteiger charge is 2.11. The largest absolute Gasteiger partial charge is 0.502 e. The number of phenols is 1. The minimum Gasteiger partial charge on any atom is -0.502 e. The van der Waals surface area contributed by atoms with Crippen LogP contribution in [-0.4, -0.2) is 25.8 Å². The van der Waals surface area contributed by atoms with E-state index in [0.717, 1.165) is 0 Å². The summed E-state index contributed by atoms with van der Waals surface area (Å²) in [5.74, 6) is -0.851. The molecule has 3 nitrogen and oxygen atoms in total. The molecule has 0 unspecified atom stereocenters. The molecule has 0 spiro atoms. The van der Waals surface area contributed by atoms with E-state index in [0.29, 0.717) is 18.5 Å². The number of nitrogens with one attached hydrogen (secondary N) is 1. The molecule has 0 atom stereocenters. The lowest BCUT2D eigenvalue weighted by Gasteiger charge is -2.08. The average Bonchev–Trinajstić information content (AvgIpc) is 2.20. The van der Waals surface area contributed by atoms with Crippen LogP contribution in [0.1, 0.15) is 5.56 Å². The van der Waals surface area contributed by atoms with Crippen LogP contribution in [0.25, 0.3) is 0 Å². The van der Waals surface area contributed by atoms with Crippen molar-refractivity contribution in [2.75, 3.05) is 20.7 Å². The molecule has 1 aromatic rings. The molecule has 0 aliphatic carbocycles. The average molecular weight is 199 g/mol. The fraction of sp³-hybridized carbons (Fsp3) is 0.400. The third-order valence-corrected chi connectivity index (χ3v) is 2.02. The maximum absolute atomic E-state index is 13.4. The van der Waals surface area contributed by atoms with Crippen LogP contribution in [0.5, 0.6) is 11.5 Å². The summed E-state index contributed by atoms with van der Waals surface area (Å²) in [7, 11) is 3.18. The predicted octanol–water partition coefficient (Wildman–Crippen LogP) is 1.30. The van der Waals surface area contributed by atoms with E-state index in [1.54, 1.807) is 19.2 Å². The van der Waals surface area contributed by atoms with Crippen molar-refractivity contribution in [1.29, 1.82) is 0 Å². The number of hydrogen-bond acceptors (Lipinski definition) is 3. The van der Waals surface area contributed by atoms with Gasteiger partial charge in [0, 0.05) is 0 Å². The summed E-state index contributed by atoms with van der Waals surface area (Å²) in [6, 6.07) is 3.18. The molecular formula is C10H14FNO2. The van der Waals surface area contributed by atoms with Crippen LogP contribution < -0.4 is 10.1 Å². The predicted molar refractivity (Wildman–Crippen MR) is 52.2 cm³/mol. The zero-order valence-corrected chi connectivity index (χ0v) is 8.30. The molecule has 14 heavy (non-hydrogen) atoms. The fourth-order valence-corrected chi connectivity index (χ4v) is 1.21. The van der Waals surface area contributed by atoms with Gasteiger partial charge in [0.25, 0.3) is 0 Å². The third kappa shape index (κ3) is 2.14. The number of hydrogen-bond donors (Lipinski definition) is 2. The summed E-state index contributed by atoms with van der Waals surface area (Å²) in [5, 5.41) is 12.3. The van der Waals surface area contributed by atoms with Crippen LogP contribution in [0.4, 0.5) is 4.39 Å². The molecule has 2 N–H and O–H groups in total. The molecule has 0 saturated carbocycles. The lowest BCUT2D eigenvalue weighted by Crippen LogP contribution is -2.11. The Morgan fingerprint density at radius 2 is 2.21 bits per heavy atom. The zero-order valence-electron chi connectivity index (χ0n) is 8.30. The quantitative estimate of drug-likeness (QED) is 0.768. The van der Waals surface area contributed by atoms with Crippen molar-refractivity contribution >= 4 is 0 Å². The van der Waals surface area contributed by atoms with Crippen LogP contribution in [0.2, 0.25) is 0 Å². The van der Waals surface area contributed by atoms with Crippen molar-refractivity contribution in [2.24, 2.45) is 0 Å². The molecule has 0 fully saturated rings. The van der Waals surface area contributed by atoms with Crippen molar-refractivity contribution in [3.8, 4) is 11.5 Å². The second kappa shape index (κ2) is 4.81. The Balaban J connectivity index is 2.92. The Bertz CT molecular complexity index is 315. The molecule has 0 heterocycles. The number of likely N-dealkylation sites (N-methyl/N-ethyl adjacent to an activating group) is 1. The number of phenolic OH excluding ortho intramolecular Hbond substituents is 1. The summed E-state index contributed by atoms with van der Waals surface area (Å²) < 4.78 is 18.2. The molecule has 0 amide bonds. The lowest BCUT2D eigenvalue weighted by atomic mass is 10.1. The van der Waals surface area contributed by atoms with E-state index in [-0.39, 0.29) is 5.75 Å². The van der Waals surface area contributed by atoms with Crippen molar-refractivity contribution in [2.45, 2.75) is 6.42 Å². The Labute approximate surface area is 82.5 Å². The maximum Gasteiger partial charge on any atom is 0.194 e. The highest BCUT2D eigenvalue weighted by molar-refractivity contribution is 5.43. The van der Waals surface area contributed by atoms with Crippen LogP contribution in [0, 0.1) is 5.82 Å². The summed E-state index contributed by atoms with van der Waals surface area (Å²) in [4.78, 5) is 0. The minimum atomic E-state index is -0.598. The van der Waals surface area contributed by atoms with Gasteiger partial charge in [0.1, 0.15) is 0 Å². The van der Waals surface area contributed by atoms with Crippen molar-refractivity contribution in [3.05, 3.63) is 23.5 Å². The summed E-state index contributed by atoms with van der Waals surface area (Å²) >= 11 is 0. The van der Waals surface area contributed by atoms with Gasteiger partial charge in [0.05, 0.1) is 7.11 Å². The Morgan fingerprint density at radius 1 is 1.50 bits per heavy atom. The smallest absolute Gasteiger partial charge is 0.194 e. The van der Waals surface area contributed by atoms with Gasteiger partial charge in [-0.2, -0.15) is 0 Å². The normalized spacial score (nSPS) is 10.2. The fourth-order valence-electron chi connectivity index (χ4n) is 1.21. The first-order chi connectivity index (χ1) is 6.70. The summed E-state index contributed by atoms with van der Waals surface area (Å²) in [6.45, 7) is 0.669. The van der Waals surface area contributed by atoms with Gasteiger partial charge in [-0.25, -0.2) is 4.39 Å². The highest BCUT2D eigenvalue weighted by atomic mass is 19.1. The maximum atomic E-state index is 13.4. The van der Waals surface area contributed by atoms with Crippen molar-refractivity contribution in [1.82, 2.24) is 5.32 Å². The van der Waals surface area contributed by atoms with Crippen LogP contribution in [0.15, 0.2) is 12.1 Å². The SMILES string of the molecule is CNCCc1ccc(OC)c(O)c1F. The molecule has 0 aliphatic heterocycles. The first-order valence-corrected chi connectivity index (χ1v) is 4.39. The molecule has 0 bridgehead atoms. The summed E-state index contributed by atoms with van der Waals surface area (Å²) in [5.41, 5.74) is 0.484. The number of ether oxygens (including phenoxy) is 1. The van der Waals surface area contributed by atoms with Gasteiger partial charge in [-0.3, -0.25) is 0 Å². The monoisotopic (exact) mass is 199 g/mol. The Hall–Kier alpha value is -1.29. The zero-order chi connectivity index (χ0) is 10.6. The Kier molecular flexibility index (Phi) is 3.71. The molecule has 4 heteroatoms. The topological polar surface area (TPSA) is 41.5 Å². The number of aromatic hydroxyl groups is 1. The van der Waals surface area contributed by atoms with E-state index < -0.39 is 11.6 Å².